The van der Waals surface area contributed by atoms with E-state index in [1.807, 2.05) is 24.3 Å². The lowest BCUT2D eigenvalue weighted by atomic mass is 10.2. The maximum absolute atomic E-state index is 12.4. The number of sulfonamides is 1. The summed E-state index contributed by atoms with van der Waals surface area (Å²) < 4.78 is 31.5. The Morgan fingerprint density at radius 2 is 1.96 bits per heavy atom. The van der Waals surface area contributed by atoms with E-state index in [2.05, 4.69) is 10.3 Å². The highest BCUT2D eigenvalue weighted by molar-refractivity contribution is 7.99. The molecule has 7 nitrogen and oxygen atoms in total. The number of nitrogens with zero attached hydrogens (tertiary/aromatic N) is 2. The van der Waals surface area contributed by atoms with Gasteiger partial charge in [0, 0.05) is 19.8 Å². The standard InChI is InChI=1S/C18H19N3O4S2/c1-12-8-9-13(10-16(12)27(23,24)21(2)3)19-17(22)11-26-18-20-14-6-4-5-7-15(14)25-18/h4-10H,11H2,1-3H3,(H,19,22). The van der Waals surface area contributed by atoms with Gasteiger partial charge in [0.15, 0.2) is 5.58 Å². The van der Waals surface area contributed by atoms with E-state index in [4.69, 9.17) is 4.42 Å². The number of anilines is 1. The molecule has 0 aliphatic heterocycles. The summed E-state index contributed by atoms with van der Waals surface area (Å²) in [7, 11) is -0.646. The van der Waals surface area contributed by atoms with E-state index in [0.29, 0.717) is 22.1 Å². The van der Waals surface area contributed by atoms with E-state index in [1.165, 1.54) is 31.9 Å². The number of fused-ring (bicyclic) bond motifs is 1. The summed E-state index contributed by atoms with van der Waals surface area (Å²) in [5.74, 6) is -0.185. The second-order valence-electron chi connectivity index (χ2n) is 6.05. The number of hydrogen-bond acceptors (Lipinski definition) is 6. The first-order valence-corrected chi connectivity index (χ1v) is 10.5. The molecule has 0 radical (unpaired) electrons. The molecule has 0 spiro atoms. The number of para-hydroxylation sites is 2. The summed E-state index contributed by atoms with van der Waals surface area (Å²) >= 11 is 1.18. The summed E-state index contributed by atoms with van der Waals surface area (Å²) in [5.41, 5.74) is 2.43. The minimum absolute atomic E-state index is 0.0937. The molecule has 0 bridgehead atoms. The molecule has 27 heavy (non-hydrogen) atoms. The second kappa shape index (κ2) is 7.71. The van der Waals surface area contributed by atoms with Crippen LogP contribution in [-0.4, -0.2) is 43.5 Å². The molecule has 9 heteroatoms. The normalized spacial score (nSPS) is 11.9. The van der Waals surface area contributed by atoms with Gasteiger partial charge in [-0.05, 0) is 36.8 Å². The Labute approximate surface area is 161 Å². The van der Waals surface area contributed by atoms with Gasteiger partial charge in [-0.1, -0.05) is 30.0 Å². The monoisotopic (exact) mass is 405 g/mol. The van der Waals surface area contributed by atoms with Gasteiger partial charge in [-0.15, -0.1) is 0 Å². The Kier molecular flexibility index (Phi) is 5.54. The van der Waals surface area contributed by atoms with Crippen LogP contribution in [0.5, 0.6) is 0 Å². The first kappa shape index (κ1) is 19.4. The van der Waals surface area contributed by atoms with Crippen LogP contribution in [0.4, 0.5) is 5.69 Å². The number of aromatic nitrogens is 1. The third-order valence-corrected chi connectivity index (χ3v) is 6.62. The average molecular weight is 406 g/mol. The van der Waals surface area contributed by atoms with Gasteiger partial charge in [0.25, 0.3) is 5.22 Å². The highest BCUT2D eigenvalue weighted by atomic mass is 32.2. The average Bonchev–Trinajstić information content (AvgIpc) is 3.04. The summed E-state index contributed by atoms with van der Waals surface area (Å²) in [6, 6.07) is 12.2. The summed E-state index contributed by atoms with van der Waals surface area (Å²) in [4.78, 5) is 16.7. The van der Waals surface area contributed by atoms with Crippen LogP contribution >= 0.6 is 11.8 Å². The topological polar surface area (TPSA) is 92.5 Å². The molecule has 0 saturated heterocycles. The lowest BCUT2D eigenvalue weighted by Gasteiger charge is -2.15. The van der Waals surface area contributed by atoms with Gasteiger partial charge < -0.3 is 9.73 Å². The molecule has 1 amide bonds. The van der Waals surface area contributed by atoms with Crippen LogP contribution in [0.1, 0.15) is 5.56 Å². The number of nitrogens with one attached hydrogen (secondary N) is 1. The van der Waals surface area contributed by atoms with Gasteiger partial charge in [0.05, 0.1) is 10.6 Å². The van der Waals surface area contributed by atoms with Crippen molar-refractivity contribution in [2.24, 2.45) is 0 Å². The predicted octanol–water partition coefficient (Wildman–Crippen LogP) is 3.12. The number of amides is 1. The number of hydrogen-bond donors (Lipinski definition) is 1. The highest BCUT2D eigenvalue weighted by Gasteiger charge is 2.20. The van der Waals surface area contributed by atoms with E-state index in [9.17, 15) is 13.2 Å². The maximum Gasteiger partial charge on any atom is 0.257 e. The molecule has 0 atom stereocenters. The van der Waals surface area contributed by atoms with Crippen molar-refractivity contribution in [1.82, 2.24) is 9.29 Å². The molecule has 0 fully saturated rings. The summed E-state index contributed by atoms with van der Waals surface area (Å²) in [6.07, 6.45) is 0. The van der Waals surface area contributed by atoms with Crippen molar-refractivity contribution >= 4 is 44.5 Å². The first-order valence-electron chi connectivity index (χ1n) is 8.09. The van der Waals surface area contributed by atoms with E-state index < -0.39 is 10.0 Å². The van der Waals surface area contributed by atoms with Gasteiger partial charge in [0.1, 0.15) is 5.52 Å². The molecule has 142 valence electrons. The smallest absolute Gasteiger partial charge is 0.257 e. The maximum atomic E-state index is 12.4. The molecule has 0 aliphatic rings. The van der Waals surface area contributed by atoms with Crippen LogP contribution < -0.4 is 5.32 Å². The fourth-order valence-corrected chi connectivity index (χ4v) is 4.17. The lowest BCUT2D eigenvalue weighted by Crippen LogP contribution is -2.23. The lowest BCUT2D eigenvalue weighted by molar-refractivity contribution is -0.113. The third-order valence-electron chi connectivity index (χ3n) is 3.83. The first-order chi connectivity index (χ1) is 12.8. The van der Waals surface area contributed by atoms with Crippen molar-refractivity contribution in [3.05, 3.63) is 48.0 Å². The molecular formula is C18H19N3O4S2. The van der Waals surface area contributed by atoms with Crippen molar-refractivity contribution in [1.29, 1.82) is 0 Å². The zero-order valence-corrected chi connectivity index (χ0v) is 16.7. The van der Waals surface area contributed by atoms with Crippen LogP contribution in [0, 0.1) is 6.92 Å². The van der Waals surface area contributed by atoms with Gasteiger partial charge in [-0.2, -0.15) is 0 Å². The van der Waals surface area contributed by atoms with Gasteiger partial charge in [-0.3, -0.25) is 4.79 Å². The van der Waals surface area contributed by atoms with Gasteiger partial charge >= 0.3 is 0 Å². The highest BCUT2D eigenvalue weighted by Crippen LogP contribution is 2.25. The summed E-state index contributed by atoms with van der Waals surface area (Å²) in [5, 5.41) is 3.12. The second-order valence-corrected chi connectivity index (χ2v) is 9.10. The van der Waals surface area contributed by atoms with E-state index in [0.717, 1.165) is 9.82 Å². The van der Waals surface area contributed by atoms with Crippen LogP contribution in [0.2, 0.25) is 0 Å². The van der Waals surface area contributed by atoms with E-state index in [-0.39, 0.29) is 16.6 Å². The van der Waals surface area contributed by atoms with Crippen molar-refractivity contribution in [3.63, 3.8) is 0 Å². The summed E-state index contributed by atoms with van der Waals surface area (Å²) in [6.45, 7) is 1.71. The van der Waals surface area contributed by atoms with Crippen molar-refractivity contribution in [2.45, 2.75) is 17.0 Å². The fourth-order valence-electron chi connectivity index (χ4n) is 2.39. The van der Waals surface area contributed by atoms with Crippen molar-refractivity contribution < 1.29 is 17.6 Å². The molecule has 0 aliphatic carbocycles. The molecule has 0 saturated carbocycles. The minimum Gasteiger partial charge on any atom is -0.431 e. The Bertz CT molecular complexity index is 1060. The molecule has 1 N–H and O–H groups in total. The quantitative estimate of drug-likeness (QED) is 0.634. The molecule has 0 unspecified atom stereocenters. The number of rotatable bonds is 6. The van der Waals surface area contributed by atoms with Crippen LogP contribution in [0.25, 0.3) is 11.1 Å². The molecule has 3 aromatic rings. The SMILES string of the molecule is Cc1ccc(NC(=O)CSc2nc3ccccc3o2)cc1S(=O)(=O)N(C)C. The zero-order valence-electron chi connectivity index (χ0n) is 15.1. The zero-order chi connectivity index (χ0) is 19.6. The van der Waals surface area contributed by atoms with Crippen LogP contribution in [0.15, 0.2) is 57.0 Å². The fraction of sp³-hybridized carbons (Fsp3) is 0.222. The van der Waals surface area contributed by atoms with E-state index in [1.54, 1.807) is 19.1 Å². The van der Waals surface area contributed by atoms with Crippen LogP contribution in [0.3, 0.4) is 0 Å². The van der Waals surface area contributed by atoms with Crippen molar-refractivity contribution in [3.8, 4) is 0 Å². The van der Waals surface area contributed by atoms with Gasteiger partial charge in [-0.25, -0.2) is 17.7 Å². The van der Waals surface area contributed by atoms with E-state index >= 15 is 0 Å². The minimum atomic E-state index is -3.58. The number of carbonyl (C=O) groups is 1. The number of oxazole rings is 1. The number of benzene rings is 2. The molecule has 2 aromatic carbocycles. The largest absolute Gasteiger partial charge is 0.431 e. The van der Waals surface area contributed by atoms with Crippen LogP contribution in [-0.2, 0) is 14.8 Å². The predicted molar refractivity (Wildman–Crippen MR) is 105 cm³/mol. The third kappa shape index (κ3) is 4.32. The molecule has 1 aromatic heterocycles. The van der Waals surface area contributed by atoms with Crippen molar-refractivity contribution in [2.75, 3.05) is 25.2 Å². The molecule has 3 rings (SSSR count). The molecular weight excluding hydrogens is 386 g/mol. The number of thioether (sulfide) groups is 1. The Hall–Kier alpha value is -2.36. The van der Waals surface area contributed by atoms with Gasteiger partial charge in [0.2, 0.25) is 15.9 Å². The Balaban J connectivity index is 1.69. The number of aryl methyl sites for hydroxylation is 1. The Morgan fingerprint density at radius 3 is 2.67 bits per heavy atom. The Morgan fingerprint density at radius 1 is 1.22 bits per heavy atom. The molecule has 1 heterocycles. The number of carbonyl (C=O) groups excluding carboxylic acids is 1.